The van der Waals surface area contributed by atoms with Gasteiger partial charge in [0.15, 0.2) is 6.61 Å². The maximum Gasteiger partial charge on any atom is 0.240 e. The molecule has 0 unspecified atom stereocenters. The molecule has 0 bridgehead atoms. The monoisotopic (exact) mass is 275 g/mol. The Morgan fingerprint density at radius 1 is 1.35 bits per heavy atom. The SMILES string of the molecule is Cl.NCc1nc(COc2ccccc2Cl)no1. The summed E-state index contributed by atoms with van der Waals surface area (Å²) in [5.41, 5.74) is 5.34. The van der Waals surface area contributed by atoms with Crippen molar-refractivity contribution in [2.75, 3.05) is 0 Å². The first-order chi connectivity index (χ1) is 7.79. The van der Waals surface area contributed by atoms with Gasteiger partial charge in [-0.05, 0) is 12.1 Å². The quantitative estimate of drug-likeness (QED) is 0.926. The molecule has 0 aliphatic rings. The van der Waals surface area contributed by atoms with E-state index in [-0.39, 0.29) is 25.6 Å². The molecular formula is C10H11Cl2N3O2. The minimum absolute atomic E-state index is 0. The molecule has 17 heavy (non-hydrogen) atoms. The molecule has 1 aromatic heterocycles. The van der Waals surface area contributed by atoms with Crippen LogP contribution in [0.15, 0.2) is 28.8 Å². The average molecular weight is 276 g/mol. The van der Waals surface area contributed by atoms with Crippen LogP contribution in [0.1, 0.15) is 11.7 Å². The highest BCUT2D eigenvalue weighted by Gasteiger charge is 2.06. The minimum Gasteiger partial charge on any atom is -0.484 e. The number of para-hydroxylation sites is 1. The lowest BCUT2D eigenvalue weighted by Gasteiger charge is -2.04. The van der Waals surface area contributed by atoms with E-state index in [0.29, 0.717) is 22.5 Å². The van der Waals surface area contributed by atoms with Crippen LogP contribution in [0, 0.1) is 0 Å². The number of benzene rings is 1. The van der Waals surface area contributed by atoms with Crippen molar-refractivity contribution < 1.29 is 9.26 Å². The van der Waals surface area contributed by atoms with Crippen LogP contribution < -0.4 is 10.5 Å². The van der Waals surface area contributed by atoms with Gasteiger partial charge >= 0.3 is 0 Å². The van der Waals surface area contributed by atoms with E-state index in [9.17, 15) is 0 Å². The molecule has 0 saturated carbocycles. The number of rotatable bonds is 4. The lowest BCUT2D eigenvalue weighted by molar-refractivity contribution is 0.285. The molecule has 0 saturated heterocycles. The van der Waals surface area contributed by atoms with Crippen LogP contribution in [-0.4, -0.2) is 10.1 Å². The number of aromatic nitrogens is 2. The van der Waals surface area contributed by atoms with Crippen LogP contribution in [0.5, 0.6) is 5.75 Å². The number of hydrogen-bond acceptors (Lipinski definition) is 5. The molecule has 0 fully saturated rings. The van der Waals surface area contributed by atoms with Gasteiger partial charge < -0.3 is 15.0 Å². The van der Waals surface area contributed by atoms with Gasteiger partial charge in [-0.15, -0.1) is 12.4 Å². The highest BCUT2D eigenvalue weighted by atomic mass is 35.5. The Balaban J connectivity index is 0.00000144. The maximum absolute atomic E-state index is 5.91. The first kappa shape index (κ1) is 13.8. The van der Waals surface area contributed by atoms with Gasteiger partial charge in [-0.25, -0.2) is 0 Å². The summed E-state index contributed by atoms with van der Waals surface area (Å²) in [4.78, 5) is 4.00. The summed E-state index contributed by atoms with van der Waals surface area (Å²) in [5, 5.41) is 4.24. The third-order valence-electron chi connectivity index (χ3n) is 1.88. The van der Waals surface area contributed by atoms with Crippen LogP contribution in [-0.2, 0) is 13.2 Å². The lowest BCUT2D eigenvalue weighted by atomic mass is 10.3. The van der Waals surface area contributed by atoms with Gasteiger partial charge in [0.1, 0.15) is 5.75 Å². The average Bonchev–Trinajstić information content (AvgIpc) is 2.76. The summed E-state index contributed by atoms with van der Waals surface area (Å²) in [6, 6.07) is 7.18. The molecule has 1 heterocycles. The van der Waals surface area contributed by atoms with Crippen molar-refractivity contribution in [1.82, 2.24) is 10.1 Å². The van der Waals surface area contributed by atoms with E-state index in [1.54, 1.807) is 12.1 Å². The lowest BCUT2D eigenvalue weighted by Crippen LogP contribution is -2.00. The smallest absolute Gasteiger partial charge is 0.240 e. The Kier molecular flexibility index (Phi) is 5.21. The number of nitrogens with zero attached hydrogens (tertiary/aromatic N) is 2. The Hall–Kier alpha value is -1.30. The molecule has 2 rings (SSSR count). The maximum atomic E-state index is 5.91. The summed E-state index contributed by atoms with van der Waals surface area (Å²) >= 11 is 5.91. The van der Waals surface area contributed by atoms with E-state index in [0.717, 1.165) is 0 Å². The normalized spacial score (nSPS) is 9.76. The largest absolute Gasteiger partial charge is 0.484 e. The second-order valence-corrected chi connectivity index (χ2v) is 3.43. The minimum atomic E-state index is 0. The molecule has 2 aromatic rings. The fraction of sp³-hybridized carbons (Fsp3) is 0.200. The zero-order chi connectivity index (χ0) is 11.4. The van der Waals surface area contributed by atoms with Crippen LogP contribution in [0.4, 0.5) is 0 Å². The van der Waals surface area contributed by atoms with Gasteiger partial charge in [-0.3, -0.25) is 0 Å². The molecule has 0 aliphatic carbocycles. The predicted octanol–water partition coefficient (Wildman–Crippen LogP) is 2.18. The van der Waals surface area contributed by atoms with Gasteiger partial charge in [-0.1, -0.05) is 28.9 Å². The predicted molar refractivity (Wildman–Crippen MR) is 65.2 cm³/mol. The highest BCUT2D eigenvalue weighted by molar-refractivity contribution is 6.32. The topological polar surface area (TPSA) is 74.2 Å². The number of ether oxygens (including phenoxy) is 1. The van der Waals surface area contributed by atoms with Gasteiger partial charge in [0.2, 0.25) is 11.7 Å². The summed E-state index contributed by atoms with van der Waals surface area (Å²) < 4.78 is 10.3. The van der Waals surface area contributed by atoms with E-state index in [4.69, 9.17) is 26.6 Å². The van der Waals surface area contributed by atoms with E-state index in [1.165, 1.54) is 0 Å². The molecule has 0 aliphatic heterocycles. The molecule has 1 aromatic carbocycles. The Bertz CT molecular complexity index is 476. The fourth-order valence-electron chi connectivity index (χ4n) is 1.14. The highest BCUT2D eigenvalue weighted by Crippen LogP contribution is 2.23. The van der Waals surface area contributed by atoms with Crippen molar-refractivity contribution >= 4 is 24.0 Å². The van der Waals surface area contributed by atoms with Crippen molar-refractivity contribution in [1.29, 1.82) is 0 Å². The summed E-state index contributed by atoms with van der Waals surface area (Å²) in [6.45, 7) is 0.423. The molecule has 0 amide bonds. The van der Waals surface area contributed by atoms with E-state index < -0.39 is 0 Å². The van der Waals surface area contributed by atoms with Crippen molar-refractivity contribution in [3.63, 3.8) is 0 Å². The molecule has 0 atom stereocenters. The Morgan fingerprint density at radius 2 is 2.12 bits per heavy atom. The molecule has 5 nitrogen and oxygen atoms in total. The molecule has 2 N–H and O–H groups in total. The number of hydrogen-bond donors (Lipinski definition) is 1. The fourth-order valence-corrected chi connectivity index (χ4v) is 1.33. The van der Waals surface area contributed by atoms with Gasteiger partial charge in [-0.2, -0.15) is 4.98 Å². The summed E-state index contributed by atoms with van der Waals surface area (Å²) in [6.07, 6.45) is 0. The molecular weight excluding hydrogens is 265 g/mol. The van der Waals surface area contributed by atoms with Gasteiger partial charge in [0.25, 0.3) is 0 Å². The van der Waals surface area contributed by atoms with Gasteiger partial charge in [0, 0.05) is 0 Å². The third-order valence-corrected chi connectivity index (χ3v) is 2.19. The molecule has 0 spiro atoms. The summed E-state index contributed by atoms with van der Waals surface area (Å²) in [5.74, 6) is 1.42. The van der Waals surface area contributed by atoms with Crippen LogP contribution in [0.25, 0.3) is 0 Å². The van der Waals surface area contributed by atoms with E-state index >= 15 is 0 Å². The van der Waals surface area contributed by atoms with E-state index in [2.05, 4.69) is 10.1 Å². The first-order valence-electron chi connectivity index (χ1n) is 4.68. The van der Waals surface area contributed by atoms with Crippen molar-refractivity contribution in [3.8, 4) is 5.75 Å². The van der Waals surface area contributed by atoms with Crippen LogP contribution in [0.2, 0.25) is 5.02 Å². The second-order valence-electron chi connectivity index (χ2n) is 3.03. The van der Waals surface area contributed by atoms with Gasteiger partial charge in [0.05, 0.1) is 11.6 Å². The number of halogens is 2. The van der Waals surface area contributed by atoms with Crippen molar-refractivity contribution in [3.05, 3.63) is 41.0 Å². The first-order valence-corrected chi connectivity index (χ1v) is 5.06. The zero-order valence-corrected chi connectivity index (χ0v) is 10.4. The second kappa shape index (κ2) is 6.44. The standard InChI is InChI=1S/C10H10ClN3O2.ClH/c11-7-3-1-2-4-8(7)15-6-9-13-10(5-12)16-14-9;/h1-4H,5-6,12H2;1H. The Morgan fingerprint density at radius 3 is 2.76 bits per heavy atom. The molecule has 0 radical (unpaired) electrons. The zero-order valence-electron chi connectivity index (χ0n) is 8.80. The number of nitrogens with two attached hydrogens (primary N) is 1. The van der Waals surface area contributed by atoms with Crippen LogP contribution in [0.3, 0.4) is 0 Å². The third kappa shape index (κ3) is 3.59. The van der Waals surface area contributed by atoms with E-state index in [1.807, 2.05) is 12.1 Å². The molecule has 92 valence electrons. The van der Waals surface area contributed by atoms with Crippen molar-refractivity contribution in [2.45, 2.75) is 13.2 Å². The molecule has 7 heteroatoms. The summed E-state index contributed by atoms with van der Waals surface area (Å²) in [7, 11) is 0. The van der Waals surface area contributed by atoms with Crippen molar-refractivity contribution in [2.24, 2.45) is 5.73 Å². The Labute approximate surface area is 109 Å². The van der Waals surface area contributed by atoms with Crippen LogP contribution >= 0.6 is 24.0 Å².